The molecule has 0 spiro atoms. The van der Waals surface area contributed by atoms with Gasteiger partial charge in [0.2, 0.25) is 0 Å². The number of hydrogen-bond donors (Lipinski definition) is 0. The smallest absolute Gasteiger partial charge is 0.289 e. The van der Waals surface area contributed by atoms with Gasteiger partial charge in [0.1, 0.15) is 5.75 Å². The maximum absolute atomic E-state index is 5.67. The Hall–Kier alpha value is 0.250. The Bertz CT molecular complexity index is 362. The van der Waals surface area contributed by atoms with Gasteiger partial charge in [-0.2, -0.15) is 0 Å². The van der Waals surface area contributed by atoms with E-state index in [2.05, 4.69) is 13.8 Å². The van der Waals surface area contributed by atoms with E-state index in [1.165, 1.54) is 5.56 Å². The summed E-state index contributed by atoms with van der Waals surface area (Å²) in [5.41, 5.74) is 1.18. The summed E-state index contributed by atoms with van der Waals surface area (Å²) >= 11 is 16.1. The number of benzene rings is 1. The zero-order chi connectivity index (χ0) is 10.8. The molecule has 78 valence electrons. The number of halogens is 2. The summed E-state index contributed by atoms with van der Waals surface area (Å²) in [6, 6.07) is 7.65. The second kappa shape index (κ2) is 4.85. The third-order valence-electron chi connectivity index (χ3n) is 1.74. The van der Waals surface area contributed by atoms with Gasteiger partial charge in [0.15, 0.2) is 0 Å². The van der Waals surface area contributed by atoms with Crippen molar-refractivity contribution in [2.45, 2.75) is 19.8 Å². The fraction of sp³-hybridized carbons (Fsp3) is 0.333. The second-order valence-electron chi connectivity index (χ2n) is 3.23. The van der Waals surface area contributed by atoms with E-state index >= 15 is 0 Å². The Morgan fingerprint density at radius 1 is 1.36 bits per heavy atom. The molecular formula is C9H11Cl2OPS. The number of rotatable bonds is 3. The Labute approximate surface area is 99.0 Å². The maximum atomic E-state index is 5.67. The van der Waals surface area contributed by atoms with Crippen LogP contribution in [0, 0.1) is 0 Å². The predicted molar refractivity (Wildman–Crippen MR) is 67.2 cm³/mol. The molecule has 0 N–H and O–H groups in total. The van der Waals surface area contributed by atoms with Gasteiger partial charge in [-0.05, 0) is 57.9 Å². The molecule has 5 heteroatoms. The predicted octanol–water partition coefficient (Wildman–Crippen LogP) is 4.89. The Morgan fingerprint density at radius 2 is 2.00 bits per heavy atom. The lowest BCUT2D eigenvalue weighted by Gasteiger charge is -2.11. The zero-order valence-corrected chi connectivity index (χ0v) is 11.1. The molecule has 0 aliphatic heterocycles. The van der Waals surface area contributed by atoms with Crippen LogP contribution in [-0.4, -0.2) is 0 Å². The molecule has 0 heterocycles. The van der Waals surface area contributed by atoms with Crippen LogP contribution in [0.4, 0.5) is 0 Å². The normalized spacial score (nSPS) is 11.8. The highest BCUT2D eigenvalue weighted by atomic mass is 35.9. The van der Waals surface area contributed by atoms with Crippen LogP contribution >= 0.6 is 27.5 Å². The molecular weight excluding hydrogens is 258 g/mol. The van der Waals surface area contributed by atoms with E-state index in [4.69, 9.17) is 38.8 Å². The van der Waals surface area contributed by atoms with Crippen molar-refractivity contribution < 1.29 is 4.52 Å². The molecule has 1 aromatic rings. The molecule has 14 heavy (non-hydrogen) atoms. The summed E-state index contributed by atoms with van der Waals surface area (Å²) in [6.07, 6.45) is 0. The van der Waals surface area contributed by atoms with Gasteiger partial charge in [-0.1, -0.05) is 26.0 Å². The van der Waals surface area contributed by atoms with Gasteiger partial charge in [-0.3, -0.25) is 0 Å². The Kier molecular flexibility index (Phi) is 4.27. The SMILES string of the molecule is CC(C)c1cccc(OP(=S)(Cl)Cl)c1. The molecule has 0 aliphatic rings. The molecule has 1 rings (SSSR count). The molecule has 0 unspecified atom stereocenters. The van der Waals surface area contributed by atoms with Gasteiger partial charge in [0, 0.05) is 0 Å². The fourth-order valence-corrected chi connectivity index (χ4v) is 2.15. The van der Waals surface area contributed by atoms with Crippen LogP contribution in [0.1, 0.15) is 25.3 Å². The highest BCUT2D eigenvalue weighted by molar-refractivity contribution is 8.36. The summed E-state index contributed by atoms with van der Waals surface area (Å²) in [7, 11) is 0. The quantitative estimate of drug-likeness (QED) is 0.722. The molecule has 0 aliphatic carbocycles. The first-order valence-electron chi connectivity index (χ1n) is 4.17. The maximum Gasteiger partial charge on any atom is 0.289 e. The van der Waals surface area contributed by atoms with E-state index in [1.807, 2.05) is 18.2 Å². The third-order valence-corrected chi connectivity index (χ3v) is 2.80. The molecule has 0 saturated heterocycles. The minimum Gasteiger partial charge on any atom is -0.441 e. The van der Waals surface area contributed by atoms with Gasteiger partial charge >= 0.3 is 0 Å². The highest BCUT2D eigenvalue weighted by Crippen LogP contribution is 2.57. The summed E-state index contributed by atoms with van der Waals surface area (Å²) in [6.45, 7) is 4.22. The minimum absolute atomic E-state index is 0.446. The van der Waals surface area contributed by atoms with Crippen LogP contribution in [0.5, 0.6) is 5.75 Å². The molecule has 0 radical (unpaired) electrons. The largest absolute Gasteiger partial charge is 0.441 e. The van der Waals surface area contributed by atoms with Crippen LogP contribution in [0.15, 0.2) is 24.3 Å². The van der Waals surface area contributed by atoms with Gasteiger partial charge in [0.25, 0.3) is 4.97 Å². The molecule has 0 bridgehead atoms. The number of hydrogen-bond acceptors (Lipinski definition) is 2. The lowest BCUT2D eigenvalue weighted by molar-refractivity contribution is 0.633. The van der Waals surface area contributed by atoms with Crippen molar-refractivity contribution >= 4 is 39.3 Å². The van der Waals surface area contributed by atoms with E-state index in [9.17, 15) is 0 Å². The molecule has 1 nitrogen and oxygen atoms in total. The minimum atomic E-state index is -2.66. The van der Waals surface area contributed by atoms with Crippen LogP contribution < -0.4 is 4.52 Å². The second-order valence-corrected chi connectivity index (χ2v) is 10.4. The van der Waals surface area contributed by atoms with Gasteiger partial charge in [-0.15, -0.1) is 0 Å². The van der Waals surface area contributed by atoms with Crippen molar-refractivity contribution in [3.63, 3.8) is 0 Å². The summed E-state index contributed by atoms with van der Waals surface area (Å²) in [5, 5.41) is 0. The van der Waals surface area contributed by atoms with Crippen molar-refractivity contribution in [1.29, 1.82) is 0 Å². The molecule has 0 aromatic heterocycles. The lowest BCUT2D eigenvalue weighted by atomic mass is 10.0. The van der Waals surface area contributed by atoms with Crippen molar-refractivity contribution in [3.05, 3.63) is 29.8 Å². The Balaban J connectivity index is 2.89. The van der Waals surface area contributed by atoms with Gasteiger partial charge < -0.3 is 4.52 Å². The monoisotopic (exact) mass is 268 g/mol. The van der Waals surface area contributed by atoms with Crippen molar-refractivity contribution in [1.82, 2.24) is 0 Å². The topological polar surface area (TPSA) is 9.23 Å². The standard InChI is InChI=1S/C9H11Cl2OPS/c1-7(2)8-4-3-5-9(6-8)12-13(10,11)14/h3-7H,1-2H3. The van der Waals surface area contributed by atoms with Crippen LogP contribution in [-0.2, 0) is 11.8 Å². The summed E-state index contributed by atoms with van der Waals surface area (Å²) < 4.78 is 5.25. The van der Waals surface area contributed by atoms with Crippen LogP contribution in [0.2, 0.25) is 0 Å². The van der Waals surface area contributed by atoms with Gasteiger partial charge in [-0.25, -0.2) is 0 Å². The summed E-state index contributed by atoms with van der Waals surface area (Å²) in [5.74, 6) is 1.09. The molecule has 0 amide bonds. The van der Waals surface area contributed by atoms with Crippen molar-refractivity contribution in [2.75, 3.05) is 0 Å². The molecule has 0 fully saturated rings. The lowest BCUT2D eigenvalue weighted by Crippen LogP contribution is -1.88. The molecule has 1 aromatic carbocycles. The summed E-state index contributed by atoms with van der Waals surface area (Å²) in [4.78, 5) is -2.66. The van der Waals surface area contributed by atoms with E-state index in [1.54, 1.807) is 6.07 Å². The highest BCUT2D eigenvalue weighted by Gasteiger charge is 2.11. The Morgan fingerprint density at radius 3 is 2.50 bits per heavy atom. The molecule has 0 atom stereocenters. The average molecular weight is 269 g/mol. The van der Waals surface area contributed by atoms with E-state index in [-0.39, 0.29) is 0 Å². The average Bonchev–Trinajstić information content (AvgIpc) is 2.01. The van der Waals surface area contributed by atoms with Crippen LogP contribution in [0.25, 0.3) is 0 Å². The molecule has 0 saturated carbocycles. The van der Waals surface area contributed by atoms with E-state index < -0.39 is 4.97 Å². The fourth-order valence-electron chi connectivity index (χ4n) is 1.05. The van der Waals surface area contributed by atoms with E-state index in [0.29, 0.717) is 11.7 Å². The van der Waals surface area contributed by atoms with Gasteiger partial charge in [0.05, 0.1) is 0 Å². The third kappa shape index (κ3) is 4.18. The van der Waals surface area contributed by atoms with Crippen molar-refractivity contribution in [3.8, 4) is 5.75 Å². The van der Waals surface area contributed by atoms with Crippen LogP contribution in [0.3, 0.4) is 0 Å². The first-order valence-corrected chi connectivity index (χ1v) is 8.70. The zero-order valence-electron chi connectivity index (χ0n) is 7.91. The first kappa shape index (κ1) is 12.3. The van der Waals surface area contributed by atoms with Crippen molar-refractivity contribution in [2.24, 2.45) is 0 Å². The van der Waals surface area contributed by atoms with E-state index in [0.717, 1.165) is 0 Å². The first-order chi connectivity index (χ1) is 6.38.